The highest BCUT2D eigenvalue weighted by atomic mass is 16.1. The average molecular weight is 240 g/mol. The Balaban J connectivity index is 2.10. The van der Waals surface area contributed by atoms with Crippen LogP contribution in [0, 0.1) is 0 Å². The molecule has 0 spiro atoms. The molecule has 0 bridgehead atoms. The van der Waals surface area contributed by atoms with Crippen molar-refractivity contribution in [3.8, 4) is 0 Å². The summed E-state index contributed by atoms with van der Waals surface area (Å²) in [5, 5.41) is 5.97. The topological polar surface area (TPSA) is 41.1 Å². The molecule has 2 N–H and O–H groups in total. The van der Waals surface area contributed by atoms with Gasteiger partial charge in [-0.1, -0.05) is 30.3 Å². The zero-order chi connectivity index (χ0) is 12.8. The van der Waals surface area contributed by atoms with E-state index in [1.807, 2.05) is 49.5 Å². The van der Waals surface area contributed by atoms with Gasteiger partial charge in [0.25, 0.3) is 5.91 Å². The van der Waals surface area contributed by atoms with Crippen LogP contribution in [-0.2, 0) is 6.54 Å². The first-order valence-corrected chi connectivity index (χ1v) is 5.89. The Hall–Kier alpha value is -2.13. The minimum absolute atomic E-state index is 0.0859. The molecule has 0 aliphatic carbocycles. The summed E-state index contributed by atoms with van der Waals surface area (Å²) in [6.45, 7) is 0.787. The molecule has 18 heavy (non-hydrogen) atoms. The summed E-state index contributed by atoms with van der Waals surface area (Å²) in [4.78, 5) is 12.0. The summed E-state index contributed by atoms with van der Waals surface area (Å²) in [7, 11) is 1.90. The molecule has 0 unspecified atom stereocenters. The van der Waals surface area contributed by atoms with Gasteiger partial charge in [0.1, 0.15) is 0 Å². The lowest BCUT2D eigenvalue weighted by atomic mass is 10.1. The van der Waals surface area contributed by atoms with Crippen LogP contribution in [0.25, 0.3) is 0 Å². The normalized spacial score (nSPS) is 10.1. The maximum absolute atomic E-state index is 12.0. The van der Waals surface area contributed by atoms with Gasteiger partial charge in [-0.05, 0) is 36.9 Å². The van der Waals surface area contributed by atoms with E-state index in [2.05, 4.69) is 10.6 Å². The van der Waals surface area contributed by atoms with Crippen molar-refractivity contribution in [2.75, 3.05) is 12.4 Å². The van der Waals surface area contributed by atoms with Crippen molar-refractivity contribution in [1.29, 1.82) is 0 Å². The molecule has 0 saturated heterocycles. The minimum atomic E-state index is -0.0859. The zero-order valence-corrected chi connectivity index (χ0v) is 10.3. The van der Waals surface area contributed by atoms with Crippen molar-refractivity contribution in [2.45, 2.75) is 6.54 Å². The van der Waals surface area contributed by atoms with E-state index in [1.165, 1.54) is 0 Å². The van der Waals surface area contributed by atoms with Crippen molar-refractivity contribution < 1.29 is 4.79 Å². The number of amides is 1. The van der Waals surface area contributed by atoms with Crippen molar-refractivity contribution >= 4 is 11.6 Å². The van der Waals surface area contributed by atoms with E-state index >= 15 is 0 Å². The van der Waals surface area contributed by atoms with Crippen molar-refractivity contribution in [3.63, 3.8) is 0 Å². The van der Waals surface area contributed by atoms with Gasteiger partial charge in [0.15, 0.2) is 0 Å². The van der Waals surface area contributed by atoms with E-state index in [9.17, 15) is 4.79 Å². The Bertz CT molecular complexity index is 523. The summed E-state index contributed by atoms with van der Waals surface area (Å²) < 4.78 is 0. The summed E-state index contributed by atoms with van der Waals surface area (Å²) in [5.74, 6) is -0.0859. The number of nitrogens with one attached hydrogen (secondary N) is 2. The standard InChI is InChI=1S/C15H16N2O/c1-16-11-12-6-5-9-14(10-12)17-15(18)13-7-3-2-4-8-13/h2-10,16H,11H2,1H3,(H,17,18). The number of carbonyl (C=O) groups is 1. The molecule has 0 saturated carbocycles. The molecule has 0 atom stereocenters. The Morgan fingerprint density at radius 1 is 1.06 bits per heavy atom. The van der Waals surface area contributed by atoms with Crippen LogP contribution < -0.4 is 10.6 Å². The molecule has 3 nitrogen and oxygen atoms in total. The minimum Gasteiger partial charge on any atom is -0.322 e. The fraction of sp³-hybridized carbons (Fsp3) is 0.133. The van der Waals surface area contributed by atoms with Gasteiger partial charge in [-0.25, -0.2) is 0 Å². The number of hydrogen-bond donors (Lipinski definition) is 2. The second-order valence-electron chi connectivity index (χ2n) is 4.05. The van der Waals surface area contributed by atoms with Crippen LogP contribution in [0.4, 0.5) is 5.69 Å². The molecule has 2 rings (SSSR count). The molecule has 0 aromatic heterocycles. The van der Waals surface area contributed by atoms with Crippen LogP contribution in [0.5, 0.6) is 0 Å². The van der Waals surface area contributed by atoms with Gasteiger partial charge in [0, 0.05) is 17.8 Å². The molecule has 92 valence electrons. The highest BCUT2D eigenvalue weighted by Crippen LogP contribution is 2.12. The highest BCUT2D eigenvalue weighted by Gasteiger charge is 2.04. The third kappa shape index (κ3) is 3.18. The number of carbonyl (C=O) groups excluding carboxylic acids is 1. The Morgan fingerprint density at radius 3 is 2.56 bits per heavy atom. The second-order valence-corrected chi connectivity index (χ2v) is 4.05. The number of benzene rings is 2. The molecule has 0 fully saturated rings. The van der Waals surface area contributed by atoms with Gasteiger partial charge in [0.2, 0.25) is 0 Å². The lowest BCUT2D eigenvalue weighted by molar-refractivity contribution is 0.102. The smallest absolute Gasteiger partial charge is 0.255 e. The lowest BCUT2D eigenvalue weighted by Crippen LogP contribution is -2.12. The molecular formula is C15H16N2O. The molecule has 0 radical (unpaired) electrons. The van der Waals surface area contributed by atoms with Crippen molar-refractivity contribution in [3.05, 3.63) is 65.7 Å². The maximum atomic E-state index is 12.0. The van der Waals surface area contributed by atoms with Gasteiger partial charge in [-0.2, -0.15) is 0 Å². The molecule has 0 aliphatic heterocycles. The lowest BCUT2D eigenvalue weighted by Gasteiger charge is -2.07. The maximum Gasteiger partial charge on any atom is 0.255 e. The molecule has 0 aliphatic rings. The Kier molecular flexibility index (Phi) is 4.10. The summed E-state index contributed by atoms with van der Waals surface area (Å²) in [5.41, 5.74) is 2.62. The van der Waals surface area contributed by atoms with E-state index in [0.29, 0.717) is 5.56 Å². The largest absolute Gasteiger partial charge is 0.322 e. The van der Waals surface area contributed by atoms with Gasteiger partial charge in [-0.3, -0.25) is 4.79 Å². The van der Waals surface area contributed by atoms with Crippen molar-refractivity contribution in [2.24, 2.45) is 0 Å². The third-order valence-electron chi connectivity index (χ3n) is 2.60. The third-order valence-corrected chi connectivity index (χ3v) is 2.60. The van der Waals surface area contributed by atoms with Crippen molar-refractivity contribution in [1.82, 2.24) is 5.32 Å². The van der Waals surface area contributed by atoms with E-state index in [-0.39, 0.29) is 5.91 Å². The van der Waals surface area contributed by atoms with E-state index in [4.69, 9.17) is 0 Å². The highest BCUT2D eigenvalue weighted by molar-refractivity contribution is 6.04. The molecule has 2 aromatic rings. The SMILES string of the molecule is CNCc1cccc(NC(=O)c2ccccc2)c1. The predicted octanol–water partition coefficient (Wildman–Crippen LogP) is 2.66. The second kappa shape index (κ2) is 5.98. The number of rotatable bonds is 4. The molecule has 0 heterocycles. The van der Waals surface area contributed by atoms with Gasteiger partial charge in [0.05, 0.1) is 0 Å². The number of anilines is 1. The van der Waals surface area contributed by atoms with Gasteiger partial charge < -0.3 is 10.6 Å². The molecule has 3 heteroatoms. The summed E-state index contributed by atoms with van der Waals surface area (Å²) in [6.07, 6.45) is 0. The summed E-state index contributed by atoms with van der Waals surface area (Å²) in [6, 6.07) is 17.0. The first kappa shape index (κ1) is 12.3. The van der Waals surface area contributed by atoms with E-state index in [1.54, 1.807) is 12.1 Å². The van der Waals surface area contributed by atoms with E-state index < -0.39 is 0 Å². The van der Waals surface area contributed by atoms with E-state index in [0.717, 1.165) is 17.8 Å². The fourth-order valence-electron chi connectivity index (χ4n) is 1.76. The average Bonchev–Trinajstić information content (AvgIpc) is 2.40. The predicted molar refractivity (Wildman–Crippen MR) is 73.6 cm³/mol. The van der Waals surface area contributed by atoms with Gasteiger partial charge in [-0.15, -0.1) is 0 Å². The van der Waals surface area contributed by atoms with Gasteiger partial charge >= 0.3 is 0 Å². The monoisotopic (exact) mass is 240 g/mol. The van der Waals surface area contributed by atoms with Crippen LogP contribution in [0.1, 0.15) is 15.9 Å². The van der Waals surface area contributed by atoms with Crippen LogP contribution in [-0.4, -0.2) is 13.0 Å². The van der Waals surface area contributed by atoms with Crippen LogP contribution >= 0.6 is 0 Å². The molecule has 1 amide bonds. The molecule has 2 aromatic carbocycles. The zero-order valence-electron chi connectivity index (χ0n) is 10.3. The first-order valence-electron chi connectivity index (χ1n) is 5.89. The number of hydrogen-bond acceptors (Lipinski definition) is 2. The van der Waals surface area contributed by atoms with Crippen LogP contribution in [0.15, 0.2) is 54.6 Å². The van der Waals surface area contributed by atoms with Crippen LogP contribution in [0.2, 0.25) is 0 Å². The molecular weight excluding hydrogens is 224 g/mol. The summed E-state index contributed by atoms with van der Waals surface area (Å²) >= 11 is 0. The quantitative estimate of drug-likeness (QED) is 0.862. The Morgan fingerprint density at radius 2 is 1.83 bits per heavy atom. The first-order chi connectivity index (χ1) is 8.79. The Labute approximate surface area is 107 Å². The van der Waals surface area contributed by atoms with Crippen LogP contribution in [0.3, 0.4) is 0 Å². The fourth-order valence-corrected chi connectivity index (χ4v) is 1.76.